The van der Waals surface area contributed by atoms with Gasteiger partial charge in [0.05, 0.1) is 18.5 Å². The average Bonchev–Trinajstić information content (AvgIpc) is 3.23. The Morgan fingerprint density at radius 1 is 1.17 bits per heavy atom. The molecule has 1 amide bonds. The van der Waals surface area contributed by atoms with E-state index in [2.05, 4.69) is 5.32 Å². The lowest BCUT2D eigenvalue weighted by Crippen LogP contribution is -2.38. The highest BCUT2D eigenvalue weighted by molar-refractivity contribution is 7.94. The summed E-state index contributed by atoms with van der Waals surface area (Å²) in [4.78, 5) is 12.7. The Bertz CT molecular complexity index is 1120. The van der Waals surface area contributed by atoms with Crippen molar-refractivity contribution in [2.24, 2.45) is 0 Å². The van der Waals surface area contributed by atoms with E-state index in [4.69, 9.17) is 4.74 Å². The second-order valence-corrected chi connectivity index (χ2v) is 9.18. The van der Waals surface area contributed by atoms with E-state index in [0.29, 0.717) is 11.4 Å². The number of carbonyl (C=O) groups excluding carboxylic acids is 1. The molecule has 0 radical (unpaired) electrons. The van der Waals surface area contributed by atoms with Crippen molar-refractivity contribution in [3.8, 4) is 5.75 Å². The molecule has 0 aliphatic rings. The van der Waals surface area contributed by atoms with Crippen molar-refractivity contribution in [1.29, 1.82) is 0 Å². The van der Waals surface area contributed by atoms with Crippen molar-refractivity contribution in [1.82, 2.24) is 0 Å². The molecule has 0 unspecified atom stereocenters. The number of amides is 1. The van der Waals surface area contributed by atoms with Gasteiger partial charge < -0.3 is 10.1 Å². The molecule has 3 aromatic rings. The minimum Gasteiger partial charge on any atom is -0.495 e. The first-order valence-corrected chi connectivity index (χ1v) is 10.9. The van der Waals surface area contributed by atoms with E-state index >= 15 is 0 Å². The maximum atomic E-state index is 14.4. The molecule has 9 heteroatoms. The van der Waals surface area contributed by atoms with Gasteiger partial charge in [-0.2, -0.15) is 0 Å². The Morgan fingerprint density at radius 3 is 2.59 bits per heavy atom. The van der Waals surface area contributed by atoms with Crippen LogP contribution in [0.15, 0.2) is 64.2 Å². The number of ether oxygens (including phenoxy) is 1. The van der Waals surface area contributed by atoms with E-state index in [1.54, 1.807) is 23.6 Å². The van der Waals surface area contributed by atoms with Crippen LogP contribution in [0.4, 0.5) is 15.8 Å². The van der Waals surface area contributed by atoms with Crippen molar-refractivity contribution < 1.29 is 22.3 Å². The van der Waals surface area contributed by atoms with Crippen LogP contribution >= 0.6 is 11.3 Å². The predicted molar refractivity (Wildman–Crippen MR) is 112 cm³/mol. The zero-order valence-corrected chi connectivity index (χ0v) is 17.4. The fourth-order valence-corrected chi connectivity index (χ4v) is 5.25. The number of carbonyl (C=O) groups is 1. The van der Waals surface area contributed by atoms with E-state index in [1.165, 1.54) is 31.4 Å². The van der Waals surface area contributed by atoms with Gasteiger partial charge in [-0.05, 0) is 48.2 Å². The molecule has 0 aliphatic carbocycles. The first-order chi connectivity index (χ1) is 13.8. The third-order valence-electron chi connectivity index (χ3n) is 4.08. The summed E-state index contributed by atoms with van der Waals surface area (Å²) in [6.07, 6.45) is 0. The monoisotopic (exact) mass is 434 g/mol. The topological polar surface area (TPSA) is 75.7 Å². The molecular weight excluding hydrogens is 415 g/mol. The largest absolute Gasteiger partial charge is 0.495 e. The molecule has 0 atom stereocenters. The number of rotatable bonds is 7. The van der Waals surface area contributed by atoms with Gasteiger partial charge in [-0.15, -0.1) is 11.3 Å². The normalized spacial score (nSPS) is 11.1. The molecule has 0 saturated carbocycles. The number of sulfonamides is 1. The number of hydrogen-bond donors (Lipinski definition) is 1. The number of aryl methyl sites for hydroxylation is 1. The maximum Gasteiger partial charge on any atom is 0.274 e. The molecule has 3 rings (SSSR count). The van der Waals surface area contributed by atoms with Gasteiger partial charge in [0, 0.05) is 0 Å². The van der Waals surface area contributed by atoms with E-state index in [9.17, 15) is 17.6 Å². The molecule has 1 heterocycles. The van der Waals surface area contributed by atoms with Gasteiger partial charge >= 0.3 is 0 Å². The van der Waals surface area contributed by atoms with Crippen LogP contribution in [0.3, 0.4) is 0 Å². The summed E-state index contributed by atoms with van der Waals surface area (Å²) in [5, 5.41) is 4.25. The van der Waals surface area contributed by atoms with Gasteiger partial charge in [0.1, 0.15) is 22.3 Å². The average molecular weight is 435 g/mol. The van der Waals surface area contributed by atoms with Crippen LogP contribution in [-0.4, -0.2) is 28.0 Å². The van der Waals surface area contributed by atoms with E-state index in [0.717, 1.165) is 27.3 Å². The highest BCUT2D eigenvalue weighted by Gasteiger charge is 2.30. The van der Waals surface area contributed by atoms with Gasteiger partial charge in [0.25, 0.3) is 10.0 Å². The van der Waals surface area contributed by atoms with Crippen LogP contribution in [0.25, 0.3) is 0 Å². The molecule has 152 valence electrons. The van der Waals surface area contributed by atoms with Crippen LogP contribution in [0.1, 0.15) is 5.56 Å². The number of nitrogens with zero attached hydrogens (tertiary/aromatic N) is 1. The van der Waals surface area contributed by atoms with Gasteiger partial charge in [0.15, 0.2) is 0 Å². The van der Waals surface area contributed by atoms with Crippen LogP contribution in [-0.2, 0) is 14.8 Å². The molecule has 0 spiro atoms. The first-order valence-electron chi connectivity index (χ1n) is 8.58. The van der Waals surface area contributed by atoms with Crippen molar-refractivity contribution in [2.45, 2.75) is 11.1 Å². The van der Waals surface area contributed by atoms with Crippen LogP contribution in [0, 0.1) is 12.7 Å². The highest BCUT2D eigenvalue weighted by atomic mass is 32.2. The third-order valence-corrected chi connectivity index (χ3v) is 7.21. The van der Waals surface area contributed by atoms with Gasteiger partial charge in [0.2, 0.25) is 5.91 Å². The second kappa shape index (κ2) is 8.62. The van der Waals surface area contributed by atoms with E-state index in [1.807, 2.05) is 13.0 Å². The Balaban J connectivity index is 1.95. The smallest absolute Gasteiger partial charge is 0.274 e. The van der Waals surface area contributed by atoms with Gasteiger partial charge in [-0.3, -0.25) is 9.10 Å². The van der Waals surface area contributed by atoms with E-state index < -0.39 is 28.3 Å². The number of thiophene rings is 1. The van der Waals surface area contributed by atoms with Crippen LogP contribution in [0.5, 0.6) is 5.75 Å². The third kappa shape index (κ3) is 4.57. The number of anilines is 2. The number of methoxy groups -OCH3 is 1. The van der Waals surface area contributed by atoms with Gasteiger partial charge in [-0.25, -0.2) is 12.8 Å². The first kappa shape index (κ1) is 20.8. The predicted octanol–water partition coefficient (Wildman–Crippen LogP) is 4.04. The molecule has 29 heavy (non-hydrogen) atoms. The minimum atomic E-state index is -4.12. The fourth-order valence-electron chi connectivity index (χ4n) is 2.71. The molecule has 0 aliphatic heterocycles. The van der Waals surface area contributed by atoms with Crippen molar-refractivity contribution >= 4 is 38.6 Å². The molecule has 0 saturated heterocycles. The Labute approximate surface area is 172 Å². The van der Waals surface area contributed by atoms with E-state index in [-0.39, 0.29) is 9.90 Å². The molecular formula is C20H19FN2O4S2. The lowest BCUT2D eigenvalue weighted by Gasteiger charge is -2.24. The van der Waals surface area contributed by atoms with Crippen molar-refractivity contribution in [3.63, 3.8) is 0 Å². The fraction of sp³-hybridized carbons (Fsp3) is 0.150. The summed E-state index contributed by atoms with van der Waals surface area (Å²) < 4.78 is 46.6. The summed E-state index contributed by atoms with van der Waals surface area (Å²) in [7, 11) is -2.66. The Hall–Kier alpha value is -2.91. The molecule has 1 aromatic heterocycles. The molecule has 1 N–H and O–H groups in total. The highest BCUT2D eigenvalue weighted by Crippen LogP contribution is 2.29. The zero-order chi connectivity index (χ0) is 21.0. The van der Waals surface area contributed by atoms with Crippen molar-refractivity contribution in [3.05, 3.63) is 71.4 Å². The molecule has 0 bridgehead atoms. The Kier molecular flexibility index (Phi) is 6.19. The summed E-state index contributed by atoms with van der Waals surface area (Å²) in [6.45, 7) is 1.25. The lowest BCUT2D eigenvalue weighted by atomic mass is 10.2. The maximum absolute atomic E-state index is 14.4. The molecule has 0 fully saturated rings. The van der Waals surface area contributed by atoms with Gasteiger partial charge in [-0.1, -0.05) is 24.3 Å². The summed E-state index contributed by atoms with van der Waals surface area (Å²) in [5.74, 6) is -0.937. The number of hydrogen-bond acceptors (Lipinski definition) is 5. The lowest BCUT2D eigenvalue weighted by molar-refractivity contribution is -0.114. The number of para-hydroxylation sites is 1. The zero-order valence-electron chi connectivity index (χ0n) is 15.8. The summed E-state index contributed by atoms with van der Waals surface area (Å²) in [5.41, 5.74) is 1.09. The Morgan fingerprint density at radius 2 is 1.93 bits per heavy atom. The second-order valence-electron chi connectivity index (χ2n) is 6.15. The SMILES string of the molecule is COc1ccc(C)cc1NC(=O)CN(c1ccccc1F)S(=O)(=O)c1cccs1. The standard InChI is InChI=1S/C20H19FN2O4S2/c1-14-9-10-18(27-2)16(12-14)22-19(24)13-23(17-7-4-3-6-15(17)21)29(25,26)20-8-5-11-28-20/h3-12H,13H2,1-2H3,(H,22,24). The quantitative estimate of drug-likeness (QED) is 0.609. The summed E-state index contributed by atoms with van der Waals surface area (Å²) >= 11 is 0.994. The number of halogens is 1. The van der Waals surface area contributed by atoms with Crippen molar-refractivity contribution in [2.75, 3.05) is 23.3 Å². The minimum absolute atomic E-state index is 0.0155. The number of benzene rings is 2. The molecule has 2 aromatic carbocycles. The van der Waals surface area contributed by atoms with Crippen LogP contribution < -0.4 is 14.4 Å². The molecule has 6 nitrogen and oxygen atoms in total. The van der Waals surface area contributed by atoms with Crippen LogP contribution in [0.2, 0.25) is 0 Å². The summed E-state index contributed by atoms with van der Waals surface area (Å²) in [6, 6.07) is 13.6. The number of nitrogens with one attached hydrogen (secondary N) is 1.